The van der Waals surface area contributed by atoms with Gasteiger partial charge in [-0.05, 0) is 56.1 Å². The van der Waals surface area contributed by atoms with Crippen molar-refractivity contribution in [3.05, 3.63) is 50.1 Å². The highest BCUT2D eigenvalue weighted by Gasteiger charge is 2.15. The summed E-state index contributed by atoms with van der Waals surface area (Å²) in [6.07, 6.45) is 1.65. The maximum Gasteiger partial charge on any atom is 0.387 e. The molecular formula is C13H9Br2ClF2N2O. The van der Waals surface area contributed by atoms with Gasteiger partial charge in [-0.1, -0.05) is 11.6 Å². The van der Waals surface area contributed by atoms with E-state index in [1.807, 2.05) is 12.1 Å². The van der Waals surface area contributed by atoms with Gasteiger partial charge in [-0.2, -0.15) is 8.78 Å². The lowest BCUT2D eigenvalue weighted by atomic mass is 10.2. The topological polar surface area (TPSA) is 34.1 Å². The number of hydrogen-bond acceptors (Lipinski definition) is 3. The molecule has 0 bridgehead atoms. The predicted octanol–water partition coefficient (Wildman–Crippen LogP) is 5.47. The number of halogens is 5. The van der Waals surface area contributed by atoms with Crippen molar-refractivity contribution in [1.82, 2.24) is 4.98 Å². The Hall–Kier alpha value is -0.920. The Labute approximate surface area is 141 Å². The summed E-state index contributed by atoms with van der Waals surface area (Å²) >= 11 is 12.4. The van der Waals surface area contributed by atoms with Crippen LogP contribution in [0, 0.1) is 0 Å². The molecule has 0 fully saturated rings. The van der Waals surface area contributed by atoms with Gasteiger partial charge in [0.1, 0.15) is 0 Å². The summed E-state index contributed by atoms with van der Waals surface area (Å²) in [5, 5.41) is 3.38. The van der Waals surface area contributed by atoms with E-state index >= 15 is 0 Å². The maximum absolute atomic E-state index is 12.5. The summed E-state index contributed by atoms with van der Waals surface area (Å²) in [4.78, 5) is 4.19. The number of hydrogen-bond donors (Lipinski definition) is 1. The van der Waals surface area contributed by atoms with Crippen LogP contribution in [0.3, 0.4) is 0 Å². The van der Waals surface area contributed by atoms with E-state index in [4.69, 9.17) is 11.6 Å². The molecule has 1 heterocycles. The number of nitrogens with one attached hydrogen (secondary N) is 1. The third kappa shape index (κ3) is 4.79. The van der Waals surface area contributed by atoms with Gasteiger partial charge in [0, 0.05) is 15.7 Å². The van der Waals surface area contributed by atoms with Crippen LogP contribution in [0.25, 0.3) is 0 Å². The first kappa shape index (κ1) is 16.5. The average Bonchev–Trinajstić information content (AvgIpc) is 2.41. The molecule has 2 aromatic rings. The summed E-state index contributed by atoms with van der Waals surface area (Å²) in [6, 6.07) is 6.66. The van der Waals surface area contributed by atoms with E-state index in [-0.39, 0.29) is 5.75 Å². The highest BCUT2D eigenvalue weighted by atomic mass is 79.9. The summed E-state index contributed by atoms with van der Waals surface area (Å²) in [5.74, 6) is 0.00603. The quantitative estimate of drug-likeness (QED) is 0.667. The van der Waals surface area contributed by atoms with Crippen molar-refractivity contribution in [3.63, 3.8) is 0 Å². The van der Waals surface area contributed by atoms with Gasteiger partial charge in [-0.25, -0.2) is 0 Å². The molecule has 0 aliphatic heterocycles. The number of rotatable bonds is 5. The van der Waals surface area contributed by atoms with Gasteiger partial charge in [0.15, 0.2) is 5.75 Å². The van der Waals surface area contributed by atoms with E-state index in [1.54, 1.807) is 6.20 Å². The molecule has 21 heavy (non-hydrogen) atoms. The first-order chi connectivity index (χ1) is 9.95. The zero-order valence-corrected chi connectivity index (χ0v) is 14.3. The van der Waals surface area contributed by atoms with E-state index in [0.717, 1.165) is 10.2 Å². The van der Waals surface area contributed by atoms with Gasteiger partial charge >= 0.3 is 6.61 Å². The van der Waals surface area contributed by atoms with Gasteiger partial charge in [-0.3, -0.25) is 4.98 Å². The molecule has 112 valence electrons. The van der Waals surface area contributed by atoms with Crippen LogP contribution in [0.4, 0.5) is 14.5 Å². The van der Waals surface area contributed by atoms with Gasteiger partial charge < -0.3 is 10.1 Å². The van der Waals surface area contributed by atoms with E-state index in [0.29, 0.717) is 21.7 Å². The minimum Gasteiger partial charge on any atom is -0.431 e. The monoisotopic (exact) mass is 440 g/mol. The molecular weight excluding hydrogens is 433 g/mol. The van der Waals surface area contributed by atoms with E-state index in [1.165, 1.54) is 12.1 Å². The lowest BCUT2D eigenvalue weighted by Gasteiger charge is -2.14. The highest BCUT2D eigenvalue weighted by Crippen LogP contribution is 2.37. The smallest absolute Gasteiger partial charge is 0.387 e. The van der Waals surface area contributed by atoms with Gasteiger partial charge in [0.25, 0.3) is 0 Å². The number of nitrogens with zero attached hydrogens (tertiary/aromatic N) is 1. The third-order valence-electron chi connectivity index (χ3n) is 2.46. The molecule has 3 nitrogen and oxygen atoms in total. The maximum atomic E-state index is 12.5. The molecule has 0 spiro atoms. The lowest BCUT2D eigenvalue weighted by Crippen LogP contribution is -2.08. The number of aromatic nitrogens is 1. The molecule has 0 saturated heterocycles. The second-order valence-corrected chi connectivity index (χ2v) is 6.17. The van der Waals surface area contributed by atoms with Crippen molar-refractivity contribution in [3.8, 4) is 5.75 Å². The van der Waals surface area contributed by atoms with Gasteiger partial charge in [0.05, 0.1) is 22.4 Å². The van der Waals surface area contributed by atoms with Gasteiger partial charge in [0.2, 0.25) is 0 Å². The molecule has 8 heteroatoms. The Morgan fingerprint density at radius 3 is 2.67 bits per heavy atom. The predicted molar refractivity (Wildman–Crippen MR) is 85.0 cm³/mol. The Kier molecular flexibility index (Phi) is 5.78. The third-order valence-corrected chi connectivity index (χ3v) is 3.74. The Morgan fingerprint density at radius 2 is 2.05 bits per heavy atom. The molecule has 0 aliphatic carbocycles. The summed E-state index contributed by atoms with van der Waals surface area (Å²) in [5.41, 5.74) is 1.11. The van der Waals surface area contributed by atoms with Crippen LogP contribution in [0.2, 0.25) is 5.02 Å². The molecule has 1 aromatic carbocycles. The van der Waals surface area contributed by atoms with Crippen LogP contribution < -0.4 is 10.1 Å². The van der Waals surface area contributed by atoms with Crippen molar-refractivity contribution >= 4 is 49.1 Å². The fraction of sp³-hybridized carbons (Fsp3) is 0.154. The van der Waals surface area contributed by atoms with Crippen LogP contribution in [-0.4, -0.2) is 11.6 Å². The fourth-order valence-corrected chi connectivity index (χ4v) is 2.74. The molecule has 0 amide bonds. The summed E-state index contributed by atoms with van der Waals surface area (Å²) in [7, 11) is 0. The van der Waals surface area contributed by atoms with E-state index < -0.39 is 6.61 Å². The molecule has 0 aliphatic rings. The first-order valence-corrected chi connectivity index (χ1v) is 7.70. The number of alkyl halides is 2. The minimum absolute atomic E-state index is 0.00603. The zero-order valence-electron chi connectivity index (χ0n) is 10.4. The van der Waals surface area contributed by atoms with E-state index in [2.05, 4.69) is 46.9 Å². The van der Waals surface area contributed by atoms with E-state index in [9.17, 15) is 8.78 Å². The fourth-order valence-electron chi connectivity index (χ4n) is 1.60. The van der Waals surface area contributed by atoms with Crippen LogP contribution in [0.1, 0.15) is 5.69 Å². The summed E-state index contributed by atoms with van der Waals surface area (Å²) in [6.45, 7) is -2.58. The largest absolute Gasteiger partial charge is 0.431 e. The van der Waals surface area contributed by atoms with Crippen LogP contribution in [-0.2, 0) is 6.54 Å². The molecule has 0 atom stereocenters. The number of ether oxygens (including phenoxy) is 1. The van der Waals surface area contributed by atoms with Crippen molar-refractivity contribution < 1.29 is 13.5 Å². The van der Waals surface area contributed by atoms with Crippen LogP contribution >= 0.6 is 43.5 Å². The lowest BCUT2D eigenvalue weighted by molar-refractivity contribution is -0.0498. The van der Waals surface area contributed by atoms with Crippen molar-refractivity contribution in [2.24, 2.45) is 0 Å². The normalized spacial score (nSPS) is 10.8. The zero-order chi connectivity index (χ0) is 15.4. The molecule has 0 saturated carbocycles. The molecule has 0 radical (unpaired) electrons. The second-order valence-electron chi connectivity index (χ2n) is 3.96. The Morgan fingerprint density at radius 1 is 1.29 bits per heavy atom. The Balaban J connectivity index is 2.19. The van der Waals surface area contributed by atoms with Crippen molar-refractivity contribution in [2.45, 2.75) is 13.2 Å². The molecule has 0 unspecified atom stereocenters. The highest BCUT2D eigenvalue weighted by molar-refractivity contribution is 9.10. The molecule has 1 aromatic heterocycles. The van der Waals surface area contributed by atoms with Gasteiger partial charge in [-0.15, -0.1) is 0 Å². The number of anilines is 1. The van der Waals surface area contributed by atoms with Crippen LogP contribution in [0.5, 0.6) is 5.75 Å². The molecule has 2 rings (SSSR count). The summed E-state index contributed by atoms with van der Waals surface area (Å²) < 4.78 is 30.7. The number of pyridine rings is 1. The molecule has 1 N–H and O–H groups in total. The average molecular weight is 442 g/mol. The number of benzene rings is 1. The first-order valence-electron chi connectivity index (χ1n) is 5.74. The van der Waals surface area contributed by atoms with Crippen molar-refractivity contribution in [1.29, 1.82) is 0 Å². The SMILES string of the molecule is FC(F)Oc1c(Br)cc(Cl)cc1NCc1ccc(Br)cn1. The standard InChI is InChI=1S/C13H9Br2ClF2N2O/c14-7-1-2-9(19-5-7)6-20-11-4-8(16)3-10(15)12(11)21-13(17)18/h1-5,13,20H,6H2. The second kappa shape index (κ2) is 7.38. The van der Waals surface area contributed by atoms with Crippen LogP contribution in [0.15, 0.2) is 39.4 Å². The van der Waals surface area contributed by atoms with Crippen molar-refractivity contribution in [2.75, 3.05) is 5.32 Å². The minimum atomic E-state index is -2.92. The Bertz CT molecular complexity index is 626.